The average molecular weight is 307 g/mol. The van der Waals surface area contributed by atoms with Gasteiger partial charge in [0, 0.05) is 11.0 Å². The first kappa shape index (κ1) is 13.5. The number of aryl methyl sites for hydroxylation is 2. The molecule has 6 heteroatoms. The van der Waals surface area contributed by atoms with Crippen LogP contribution in [-0.2, 0) is 10.0 Å². The summed E-state index contributed by atoms with van der Waals surface area (Å²) in [5.74, 6) is -0.0675. The fraction of sp³-hybridized carbons (Fsp3) is 0.400. The largest absolute Gasteiger partial charge is 0.329 e. The molecule has 0 aliphatic rings. The van der Waals surface area contributed by atoms with Crippen LogP contribution in [0.2, 0.25) is 0 Å². The van der Waals surface area contributed by atoms with E-state index in [4.69, 9.17) is 5.73 Å². The van der Waals surface area contributed by atoms with Gasteiger partial charge in [-0.2, -0.15) is 0 Å². The Bertz CT molecular complexity index is 463. The second-order valence-corrected chi connectivity index (χ2v) is 6.38. The van der Waals surface area contributed by atoms with Crippen molar-refractivity contribution in [3.8, 4) is 0 Å². The topological polar surface area (TPSA) is 72.2 Å². The van der Waals surface area contributed by atoms with Crippen molar-refractivity contribution in [2.45, 2.75) is 13.8 Å². The molecule has 0 amide bonds. The number of benzene rings is 1. The highest BCUT2D eigenvalue weighted by Crippen LogP contribution is 2.25. The van der Waals surface area contributed by atoms with E-state index in [1.165, 1.54) is 0 Å². The first-order chi connectivity index (χ1) is 7.35. The molecule has 0 aliphatic heterocycles. The standard InChI is InChI=1S/C10H15BrN2O2S/c1-7-5-9(11)6-8(2)10(7)13-16(14,15)4-3-12/h5-6,13H,3-4,12H2,1-2H3. The van der Waals surface area contributed by atoms with Crippen LogP contribution in [0.3, 0.4) is 0 Å². The second-order valence-electron chi connectivity index (χ2n) is 3.62. The van der Waals surface area contributed by atoms with Gasteiger partial charge in [-0.15, -0.1) is 0 Å². The van der Waals surface area contributed by atoms with E-state index in [0.717, 1.165) is 15.6 Å². The lowest BCUT2D eigenvalue weighted by Gasteiger charge is -2.13. The minimum atomic E-state index is -3.33. The minimum absolute atomic E-state index is 0.0675. The molecule has 0 unspecified atom stereocenters. The van der Waals surface area contributed by atoms with Crippen LogP contribution in [0.4, 0.5) is 5.69 Å². The Morgan fingerprint density at radius 3 is 2.25 bits per heavy atom. The normalized spacial score (nSPS) is 11.5. The molecule has 0 saturated heterocycles. The maximum Gasteiger partial charge on any atom is 0.233 e. The van der Waals surface area contributed by atoms with Crippen LogP contribution < -0.4 is 10.5 Å². The summed E-state index contributed by atoms with van der Waals surface area (Å²) in [5, 5.41) is 0. The fourth-order valence-electron chi connectivity index (χ4n) is 1.43. The average Bonchev–Trinajstić information content (AvgIpc) is 2.11. The van der Waals surface area contributed by atoms with Crippen LogP contribution in [-0.4, -0.2) is 20.7 Å². The van der Waals surface area contributed by atoms with Gasteiger partial charge in [0.05, 0.1) is 11.4 Å². The van der Waals surface area contributed by atoms with Gasteiger partial charge in [0.1, 0.15) is 0 Å². The van der Waals surface area contributed by atoms with Gasteiger partial charge < -0.3 is 5.73 Å². The lowest BCUT2D eigenvalue weighted by atomic mass is 10.1. The molecular weight excluding hydrogens is 292 g/mol. The van der Waals surface area contributed by atoms with Gasteiger partial charge in [-0.25, -0.2) is 8.42 Å². The molecule has 90 valence electrons. The number of anilines is 1. The molecule has 0 bridgehead atoms. The summed E-state index contributed by atoms with van der Waals surface area (Å²) in [6, 6.07) is 3.74. The molecule has 1 aromatic carbocycles. The van der Waals surface area contributed by atoms with E-state index in [0.29, 0.717) is 5.69 Å². The van der Waals surface area contributed by atoms with Crippen LogP contribution in [0.15, 0.2) is 16.6 Å². The van der Waals surface area contributed by atoms with Crippen molar-refractivity contribution in [1.29, 1.82) is 0 Å². The number of sulfonamides is 1. The highest BCUT2D eigenvalue weighted by molar-refractivity contribution is 9.10. The predicted octanol–water partition coefficient (Wildman–Crippen LogP) is 1.77. The van der Waals surface area contributed by atoms with Crippen LogP contribution >= 0.6 is 15.9 Å². The monoisotopic (exact) mass is 306 g/mol. The third-order valence-electron chi connectivity index (χ3n) is 2.14. The van der Waals surface area contributed by atoms with Crippen molar-refractivity contribution in [2.24, 2.45) is 5.73 Å². The summed E-state index contributed by atoms with van der Waals surface area (Å²) >= 11 is 3.36. The molecular formula is C10H15BrN2O2S. The molecule has 16 heavy (non-hydrogen) atoms. The number of nitrogens with two attached hydrogens (primary N) is 1. The maximum absolute atomic E-state index is 11.6. The number of hydrogen-bond acceptors (Lipinski definition) is 3. The summed E-state index contributed by atoms with van der Waals surface area (Å²) < 4.78 is 26.7. The SMILES string of the molecule is Cc1cc(Br)cc(C)c1NS(=O)(=O)CCN. The Kier molecular flexibility index (Phi) is 4.35. The summed E-state index contributed by atoms with van der Waals surface area (Å²) in [6.45, 7) is 3.83. The summed E-state index contributed by atoms with van der Waals surface area (Å²) in [5.41, 5.74) is 7.64. The second kappa shape index (κ2) is 5.16. The molecule has 1 rings (SSSR count). The van der Waals surface area contributed by atoms with Gasteiger partial charge >= 0.3 is 0 Å². The molecule has 0 fully saturated rings. The molecule has 3 N–H and O–H groups in total. The Morgan fingerprint density at radius 2 is 1.81 bits per heavy atom. The molecule has 0 aliphatic carbocycles. The number of hydrogen-bond donors (Lipinski definition) is 2. The summed E-state index contributed by atoms with van der Waals surface area (Å²) in [4.78, 5) is 0. The molecule has 0 heterocycles. The first-order valence-corrected chi connectivity index (χ1v) is 7.27. The quantitative estimate of drug-likeness (QED) is 0.890. The molecule has 0 aromatic heterocycles. The molecule has 0 radical (unpaired) electrons. The highest BCUT2D eigenvalue weighted by atomic mass is 79.9. The molecule has 0 atom stereocenters. The van der Waals surface area contributed by atoms with Crippen molar-refractivity contribution in [3.63, 3.8) is 0 Å². The zero-order chi connectivity index (χ0) is 12.3. The molecule has 4 nitrogen and oxygen atoms in total. The Hall–Kier alpha value is -0.590. The molecule has 0 spiro atoms. The van der Waals surface area contributed by atoms with E-state index in [1.54, 1.807) is 0 Å². The molecule has 1 aromatic rings. The zero-order valence-corrected chi connectivity index (χ0v) is 11.7. The van der Waals surface area contributed by atoms with Crippen LogP contribution in [0.1, 0.15) is 11.1 Å². The smallest absolute Gasteiger partial charge is 0.233 e. The van der Waals surface area contributed by atoms with Crippen molar-refractivity contribution < 1.29 is 8.42 Å². The lowest BCUT2D eigenvalue weighted by Crippen LogP contribution is -2.23. The Morgan fingerprint density at radius 1 is 1.31 bits per heavy atom. The third kappa shape index (κ3) is 3.47. The zero-order valence-electron chi connectivity index (χ0n) is 9.25. The van der Waals surface area contributed by atoms with Crippen LogP contribution in [0.5, 0.6) is 0 Å². The minimum Gasteiger partial charge on any atom is -0.329 e. The van der Waals surface area contributed by atoms with Gasteiger partial charge in [0.2, 0.25) is 10.0 Å². The van der Waals surface area contributed by atoms with Crippen molar-refractivity contribution >= 4 is 31.6 Å². The first-order valence-electron chi connectivity index (χ1n) is 4.83. The van der Waals surface area contributed by atoms with E-state index < -0.39 is 10.0 Å². The fourth-order valence-corrected chi connectivity index (χ4v) is 3.17. The third-order valence-corrected chi connectivity index (χ3v) is 3.89. The van der Waals surface area contributed by atoms with Gasteiger partial charge in [0.15, 0.2) is 0 Å². The predicted molar refractivity (Wildman–Crippen MR) is 70.1 cm³/mol. The van der Waals surface area contributed by atoms with E-state index in [9.17, 15) is 8.42 Å². The van der Waals surface area contributed by atoms with Crippen LogP contribution in [0, 0.1) is 13.8 Å². The summed E-state index contributed by atoms with van der Waals surface area (Å²) in [6.07, 6.45) is 0. The number of nitrogens with one attached hydrogen (secondary N) is 1. The van der Waals surface area contributed by atoms with E-state index in [-0.39, 0.29) is 12.3 Å². The van der Waals surface area contributed by atoms with Crippen molar-refractivity contribution in [1.82, 2.24) is 0 Å². The van der Waals surface area contributed by atoms with Gasteiger partial charge in [-0.05, 0) is 37.1 Å². The highest BCUT2D eigenvalue weighted by Gasteiger charge is 2.12. The van der Waals surface area contributed by atoms with Crippen LogP contribution in [0.25, 0.3) is 0 Å². The van der Waals surface area contributed by atoms with E-state index >= 15 is 0 Å². The van der Waals surface area contributed by atoms with Gasteiger partial charge in [-0.1, -0.05) is 15.9 Å². The Labute approximate surface area is 104 Å². The number of halogens is 1. The maximum atomic E-state index is 11.6. The van der Waals surface area contributed by atoms with E-state index in [2.05, 4.69) is 20.7 Å². The van der Waals surface area contributed by atoms with Crippen molar-refractivity contribution in [2.75, 3.05) is 17.0 Å². The molecule has 0 saturated carbocycles. The van der Waals surface area contributed by atoms with Gasteiger partial charge in [0.25, 0.3) is 0 Å². The van der Waals surface area contributed by atoms with E-state index in [1.807, 2.05) is 26.0 Å². The van der Waals surface area contributed by atoms with Crippen molar-refractivity contribution in [3.05, 3.63) is 27.7 Å². The van der Waals surface area contributed by atoms with Gasteiger partial charge in [-0.3, -0.25) is 4.72 Å². The lowest BCUT2D eigenvalue weighted by molar-refractivity contribution is 0.601. The number of rotatable bonds is 4. The Balaban J connectivity index is 3.07. The summed E-state index contributed by atoms with van der Waals surface area (Å²) in [7, 11) is -3.33.